The van der Waals surface area contributed by atoms with Gasteiger partial charge in [-0.15, -0.1) is 0 Å². The summed E-state index contributed by atoms with van der Waals surface area (Å²) in [4.78, 5) is 2.54. The zero-order valence-corrected chi connectivity index (χ0v) is 15.6. The summed E-state index contributed by atoms with van der Waals surface area (Å²) in [6, 6.07) is 19.3. The monoisotopic (exact) mass is 364 g/mol. The molecule has 0 spiro atoms. The normalized spacial score (nSPS) is 16.2. The molecule has 3 aromatic rings. The van der Waals surface area contributed by atoms with E-state index < -0.39 is 0 Å². The Morgan fingerprint density at radius 3 is 2.37 bits per heavy atom. The van der Waals surface area contributed by atoms with Crippen LogP contribution in [0.3, 0.4) is 0 Å². The second-order valence-electron chi connectivity index (χ2n) is 7.02. The summed E-state index contributed by atoms with van der Waals surface area (Å²) in [6.45, 7) is 2.13. The molecule has 1 fully saturated rings. The van der Waals surface area contributed by atoms with Crippen LogP contribution in [-0.4, -0.2) is 29.7 Å². The predicted octanol–water partition coefficient (Wildman–Crippen LogP) is 5.20. The molecule has 140 valence electrons. The number of hydrogen-bond acceptors (Lipinski definition) is 2. The molecule has 0 saturated carbocycles. The maximum Gasteiger partial charge on any atom is 0.124 e. The summed E-state index contributed by atoms with van der Waals surface area (Å²) in [5.74, 6) is 0.685. The lowest BCUT2D eigenvalue weighted by Crippen LogP contribution is -2.35. The maximum atomic E-state index is 13.4. The molecule has 27 heavy (non-hydrogen) atoms. The van der Waals surface area contributed by atoms with Gasteiger partial charge in [-0.05, 0) is 68.4 Å². The molecule has 1 aliphatic rings. The zero-order chi connectivity index (χ0) is 18.6. The number of benzene rings is 2. The molecule has 1 aromatic heterocycles. The summed E-state index contributed by atoms with van der Waals surface area (Å²) in [5.41, 5.74) is 3.31. The van der Waals surface area contributed by atoms with E-state index in [4.69, 9.17) is 4.74 Å². The Morgan fingerprint density at radius 1 is 0.889 bits per heavy atom. The summed E-state index contributed by atoms with van der Waals surface area (Å²) in [5, 5.41) is 0. The highest BCUT2D eigenvalue weighted by Gasteiger charge is 2.28. The van der Waals surface area contributed by atoms with Crippen LogP contribution in [0, 0.1) is 5.82 Å². The van der Waals surface area contributed by atoms with Crippen molar-refractivity contribution in [2.75, 3.05) is 20.2 Å². The lowest BCUT2D eigenvalue weighted by Gasteiger charge is -2.36. The standard InChI is InChI=1S/C23H25FN2O/c1-27-22-10-4-3-8-20(22)23(25-15-5-2-6-16-25)21-9-7-17-26(21)19-13-11-18(24)12-14-19/h3-4,7-14,17,23H,2,5-6,15-16H2,1H3. The van der Waals surface area contributed by atoms with Gasteiger partial charge in [0.05, 0.1) is 13.2 Å². The van der Waals surface area contributed by atoms with Gasteiger partial charge in [0.1, 0.15) is 11.6 Å². The SMILES string of the molecule is COc1ccccc1C(c1cccn1-c1ccc(F)cc1)N1CCCCC1. The van der Waals surface area contributed by atoms with E-state index in [0.29, 0.717) is 0 Å². The van der Waals surface area contributed by atoms with E-state index in [1.807, 2.05) is 24.3 Å². The number of para-hydroxylation sites is 1. The number of likely N-dealkylation sites (tertiary alicyclic amines) is 1. The topological polar surface area (TPSA) is 17.4 Å². The average molecular weight is 364 g/mol. The molecule has 4 rings (SSSR count). The molecular weight excluding hydrogens is 339 g/mol. The van der Waals surface area contributed by atoms with Crippen molar-refractivity contribution < 1.29 is 9.13 Å². The first-order chi connectivity index (χ1) is 13.3. The molecule has 0 N–H and O–H groups in total. The van der Waals surface area contributed by atoms with Crippen molar-refractivity contribution >= 4 is 0 Å². The van der Waals surface area contributed by atoms with Gasteiger partial charge in [-0.25, -0.2) is 4.39 Å². The molecule has 1 aliphatic heterocycles. The van der Waals surface area contributed by atoms with Crippen molar-refractivity contribution in [1.82, 2.24) is 9.47 Å². The van der Waals surface area contributed by atoms with Crippen molar-refractivity contribution in [3.05, 3.63) is 83.9 Å². The number of rotatable bonds is 5. The van der Waals surface area contributed by atoms with E-state index in [1.54, 1.807) is 7.11 Å². The molecule has 0 radical (unpaired) electrons. The molecule has 0 amide bonds. The average Bonchev–Trinajstić information content (AvgIpc) is 3.19. The highest BCUT2D eigenvalue weighted by molar-refractivity contribution is 5.44. The van der Waals surface area contributed by atoms with E-state index in [-0.39, 0.29) is 11.9 Å². The molecule has 2 aromatic carbocycles. The molecule has 0 bridgehead atoms. The largest absolute Gasteiger partial charge is 0.496 e. The van der Waals surface area contributed by atoms with Crippen LogP contribution in [0.15, 0.2) is 66.9 Å². The lowest BCUT2D eigenvalue weighted by molar-refractivity contribution is 0.181. The van der Waals surface area contributed by atoms with Gasteiger partial charge in [-0.1, -0.05) is 24.6 Å². The molecule has 0 aliphatic carbocycles. The second kappa shape index (κ2) is 7.97. The van der Waals surface area contributed by atoms with Crippen LogP contribution in [-0.2, 0) is 0 Å². The molecular formula is C23H25FN2O. The van der Waals surface area contributed by atoms with Crippen LogP contribution in [0.5, 0.6) is 5.75 Å². The highest BCUT2D eigenvalue weighted by Crippen LogP contribution is 2.37. The number of piperidine rings is 1. The van der Waals surface area contributed by atoms with Crippen LogP contribution in [0.1, 0.15) is 36.6 Å². The van der Waals surface area contributed by atoms with Gasteiger partial charge in [-0.3, -0.25) is 4.90 Å². The number of nitrogens with zero attached hydrogens (tertiary/aromatic N) is 2. The second-order valence-corrected chi connectivity index (χ2v) is 7.02. The first kappa shape index (κ1) is 17.8. The summed E-state index contributed by atoms with van der Waals surface area (Å²) < 4.78 is 21.3. The van der Waals surface area contributed by atoms with E-state index in [2.05, 4.69) is 39.9 Å². The smallest absolute Gasteiger partial charge is 0.124 e. The number of halogens is 1. The Bertz CT molecular complexity index is 881. The van der Waals surface area contributed by atoms with Gasteiger partial charge in [-0.2, -0.15) is 0 Å². The molecule has 1 atom stereocenters. The Morgan fingerprint density at radius 2 is 1.63 bits per heavy atom. The number of ether oxygens (including phenoxy) is 1. The minimum Gasteiger partial charge on any atom is -0.496 e. The van der Waals surface area contributed by atoms with E-state index >= 15 is 0 Å². The van der Waals surface area contributed by atoms with Crippen molar-refractivity contribution in [1.29, 1.82) is 0 Å². The van der Waals surface area contributed by atoms with Crippen molar-refractivity contribution in [3.63, 3.8) is 0 Å². The first-order valence-corrected chi connectivity index (χ1v) is 9.58. The predicted molar refractivity (Wildman–Crippen MR) is 106 cm³/mol. The van der Waals surface area contributed by atoms with Crippen LogP contribution >= 0.6 is 0 Å². The number of hydrogen-bond donors (Lipinski definition) is 0. The summed E-state index contributed by atoms with van der Waals surface area (Å²) in [6.07, 6.45) is 5.76. The van der Waals surface area contributed by atoms with E-state index in [0.717, 1.165) is 24.5 Å². The molecule has 1 unspecified atom stereocenters. The molecule has 1 saturated heterocycles. The third-order valence-electron chi connectivity index (χ3n) is 5.35. The quantitative estimate of drug-likeness (QED) is 0.619. The Hall–Kier alpha value is -2.59. The van der Waals surface area contributed by atoms with Crippen LogP contribution in [0.25, 0.3) is 5.69 Å². The zero-order valence-electron chi connectivity index (χ0n) is 15.6. The van der Waals surface area contributed by atoms with E-state index in [1.165, 1.54) is 42.7 Å². The highest BCUT2D eigenvalue weighted by atomic mass is 19.1. The maximum absolute atomic E-state index is 13.4. The molecule has 3 nitrogen and oxygen atoms in total. The number of methoxy groups -OCH3 is 1. The van der Waals surface area contributed by atoms with Crippen molar-refractivity contribution in [2.24, 2.45) is 0 Å². The van der Waals surface area contributed by atoms with Gasteiger partial charge in [0, 0.05) is 23.1 Å². The van der Waals surface area contributed by atoms with E-state index in [9.17, 15) is 4.39 Å². The van der Waals surface area contributed by atoms with Gasteiger partial charge in [0.2, 0.25) is 0 Å². The Kier molecular flexibility index (Phi) is 5.26. The van der Waals surface area contributed by atoms with Gasteiger partial charge < -0.3 is 9.30 Å². The minimum atomic E-state index is -0.218. The van der Waals surface area contributed by atoms with Crippen LogP contribution < -0.4 is 4.74 Å². The lowest BCUT2D eigenvalue weighted by atomic mass is 9.97. The van der Waals surface area contributed by atoms with Gasteiger partial charge in [0.15, 0.2) is 0 Å². The van der Waals surface area contributed by atoms with Crippen LogP contribution in [0.4, 0.5) is 4.39 Å². The fourth-order valence-corrected chi connectivity index (χ4v) is 4.07. The summed E-state index contributed by atoms with van der Waals surface area (Å²) in [7, 11) is 1.73. The van der Waals surface area contributed by atoms with Crippen LogP contribution in [0.2, 0.25) is 0 Å². The Labute approximate surface area is 160 Å². The minimum absolute atomic E-state index is 0.0986. The van der Waals surface area contributed by atoms with Gasteiger partial charge in [0.25, 0.3) is 0 Å². The van der Waals surface area contributed by atoms with Crippen molar-refractivity contribution in [2.45, 2.75) is 25.3 Å². The fraction of sp³-hybridized carbons (Fsp3) is 0.304. The van der Waals surface area contributed by atoms with Gasteiger partial charge >= 0.3 is 0 Å². The number of aromatic nitrogens is 1. The third-order valence-corrected chi connectivity index (χ3v) is 5.35. The fourth-order valence-electron chi connectivity index (χ4n) is 4.07. The van der Waals surface area contributed by atoms with Crippen molar-refractivity contribution in [3.8, 4) is 11.4 Å². The molecule has 2 heterocycles. The Balaban J connectivity index is 1.82. The summed E-state index contributed by atoms with van der Waals surface area (Å²) >= 11 is 0. The first-order valence-electron chi connectivity index (χ1n) is 9.58. The molecule has 4 heteroatoms. The third kappa shape index (κ3) is 3.62.